The average molecular weight is 236 g/mol. The van der Waals surface area contributed by atoms with E-state index >= 15 is 0 Å². The van der Waals surface area contributed by atoms with Crippen LogP contribution in [0.5, 0.6) is 0 Å². The molecule has 0 saturated carbocycles. The summed E-state index contributed by atoms with van der Waals surface area (Å²) in [6.07, 6.45) is 4.98. The lowest BCUT2D eigenvalue weighted by molar-refractivity contribution is 0.684. The fraction of sp³-hybridized carbons (Fsp3) is 0.188. The quantitative estimate of drug-likeness (QED) is 0.669. The van der Waals surface area contributed by atoms with Crippen molar-refractivity contribution in [3.8, 4) is 11.3 Å². The Bertz CT molecular complexity index is 667. The fourth-order valence-corrected chi connectivity index (χ4v) is 2.33. The summed E-state index contributed by atoms with van der Waals surface area (Å²) in [5, 5.41) is 2.56. The Balaban J connectivity index is 2.10. The van der Waals surface area contributed by atoms with Gasteiger partial charge in [0, 0.05) is 12.1 Å². The van der Waals surface area contributed by atoms with E-state index in [1.807, 2.05) is 12.5 Å². The van der Waals surface area contributed by atoms with Gasteiger partial charge in [0.2, 0.25) is 0 Å². The minimum Gasteiger partial charge on any atom is -0.331 e. The maximum atomic E-state index is 4.26. The second-order valence-electron chi connectivity index (χ2n) is 4.53. The number of benzene rings is 2. The smallest absolute Gasteiger partial charge is 0.0950 e. The highest BCUT2D eigenvalue weighted by atomic mass is 15.0. The zero-order valence-corrected chi connectivity index (χ0v) is 10.5. The first kappa shape index (κ1) is 11.0. The molecule has 3 aromatic rings. The number of hydrogen-bond acceptors (Lipinski definition) is 1. The van der Waals surface area contributed by atoms with Crippen molar-refractivity contribution in [3.05, 3.63) is 55.0 Å². The van der Waals surface area contributed by atoms with E-state index < -0.39 is 0 Å². The molecule has 1 aromatic heterocycles. The predicted octanol–water partition coefficient (Wildman–Crippen LogP) is 4.11. The van der Waals surface area contributed by atoms with Crippen LogP contribution in [0.15, 0.2) is 55.0 Å². The molecule has 0 aliphatic heterocycles. The summed E-state index contributed by atoms with van der Waals surface area (Å²) in [4.78, 5) is 4.26. The van der Waals surface area contributed by atoms with Crippen molar-refractivity contribution in [3.63, 3.8) is 0 Å². The summed E-state index contributed by atoms with van der Waals surface area (Å²) in [7, 11) is 0. The van der Waals surface area contributed by atoms with Gasteiger partial charge >= 0.3 is 0 Å². The molecule has 0 bridgehead atoms. The van der Waals surface area contributed by atoms with E-state index in [2.05, 4.69) is 58.9 Å². The molecule has 18 heavy (non-hydrogen) atoms. The summed E-state index contributed by atoms with van der Waals surface area (Å²) in [5.74, 6) is 0. The largest absolute Gasteiger partial charge is 0.331 e. The Morgan fingerprint density at radius 1 is 1.06 bits per heavy atom. The molecule has 2 nitrogen and oxygen atoms in total. The van der Waals surface area contributed by atoms with E-state index in [9.17, 15) is 0 Å². The van der Waals surface area contributed by atoms with Crippen LogP contribution in [0.4, 0.5) is 0 Å². The van der Waals surface area contributed by atoms with Gasteiger partial charge < -0.3 is 4.57 Å². The fourth-order valence-electron chi connectivity index (χ4n) is 2.33. The highest BCUT2D eigenvalue weighted by Gasteiger charge is 2.05. The lowest BCUT2D eigenvalue weighted by atomic mass is 10.1. The third-order valence-electron chi connectivity index (χ3n) is 3.22. The third-order valence-corrected chi connectivity index (χ3v) is 3.22. The molecule has 0 unspecified atom stereocenters. The van der Waals surface area contributed by atoms with Crippen molar-refractivity contribution in [2.75, 3.05) is 0 Å². The highest BCUT2D eigenvalue weighted by Crippen LogP contribution is 2.24. The normalized spacial score (nSPS) is 10.9. The van der Waals surface area contributed by atoms with Crippen molar-refractivity contribution >= 4 is 10.8 Å². The standard InChI is InChI=1S/C16H16N2/c1-2-9-18-12-17-11-16(18)15-8-7-13-5-3-4-6-14(13)10-15/h3-8,10-12H,2,9H2,1H3. The molecule has 0 N–H and O–H groups in total. The van der Waals surface area contributed by atoms with Crippen LogP contribution in [0.25, 0.3) is 22.0 Å². The van der Waals surface area contributed by atoms with Gasteiger partial charge in [-0.2, -0.15) is 0 Å². The minimum atomic E-state index is 1.02. The average Bonchev–Trinajstić information content (AvgIpc) is 2.87. The van der Waals surface area contributed by atoms with Gasteiger partial charge in [-0.3, -0.25) is 0 Å². The Labute approximate surface area is 107 Å². The lowest BCUT2D eigenvalue weighted by Gasteiger charge is -2.07. The minimum absolute atomic E-state index is 1.02. The second kappa shape index (κ2) is 4.65. The number of aromatic nitrogens is 2. The van der Waals surface area contributed by atoms with Crippen molar-refractivity contribution in [1.82, 2.24) is 9.55 Å². The lowest BCUT2D eigenvalue weighted by Crippen LogP contribution is -1.97. The molecule has 0 saturated heterocycles. The molecule has 90 valence electrons. The SMILES string of the molecule is CCCn1cncc1-c1ccc2ccccc2c1. The summed E-state index contributed by atoms with van der Waals surface area (Å²) in [6.45, 7) is 3.20. The number of aryl methyl sites for hydroxylation is 1. The van der Waals surface area contributed by atoms with Crippen LogP contribution >= 0.6 is 0 Å². The van der Waals surface area contributed by atoms with E-state index in [1.54, 1.807) is 0 Å². The molecule has 1 heterocycles. The zero-order valence-electron chi connectivity index (χ0n) is 10.5. The molecule has 0 atom stereocenters. The summed E-state index contributed by atoms with van der Waals surface area (Å²) >= 11 is 0. The summed E-state index contributed by atoms with van der Waals surface area (Å²) < 4.78 is 2.21. The van der Waals surface area contributed by atoms with Crippen LogP contribution in [0.3, 0.4) is 0 Å². The van der Waals surface area contributed by atoms with E-state index in [-0.39, 0.29) is 0 Å². The molecule has 2 aromatic carbocycles. The molecule has 0 radical (unpaired) electrons. The van der Waals surface area contributed by atoms with Crippen LogP contribution in [0, 0.1) is 0 Å². The molecule has 0 amide bonds. The van der Waals surface area contributed by atoms with Crippen molar-refractivity contribution in [2.24, 2.45) is 0 Å². The van der Waals surface area contributed by atoms with Crippen LogP contribution in [-0.4, -0.2) is 9.55 Å². The Morgan fingerprint density at radius 3 is 2.72 bits per heavy atom. The number of rotatable bonds is 3. The van der Waals surface area contributed by atoms with Gasteiger partial charge in [-0.25, -0.2) is 4.98 Å². The van der Waals surface area contributed by atoms with Gasteiger partial charge in [0.1, 0.15) is 0 Å². The van der Waals surface area contributed by atoms with Gasteiger partial charge in [0.15, 0.2) is 0 Å². The third kappa shape index (κ3) is 1.90. The predicted molar refractivity (Wildman–Crippen MR) is 75.5 cm³/mol. The maximum Gasteiger partial charge on any atom is 0.0950 e. The second-order valence-corrected chi connectivity index (χ2v) is 4.53. The number of fused-ring (bicyclic) bond motifs is 1. The van der Waals surface area contributed by atoms with Crippen LogP contribution in [-0.2, 0) is 6.54 Å². The van der Waals surface area contributed by atoms with Crippen molar-refractivity contribution in [1.29, 1.82) is 0 Å². The number of hydrogen-bond donors (Lipinski definition) is 0. The maximum absolute atomic E-state index is 4.26. The Kier molecular flexibility index (Phi) is 2.85. The molecule has 3 rings (SSSR count). The topological polar surface area (TPSA) is 17.8 Å². The highest BCUT2D eigenvalue weighted by molar-refractivity contribution is 5.86. The first-order valence-corrected chi connectivity index (χ1v) is 6.38. The Hall–Kier alpha value is -2.09. The molecule has 0 fully saturated rings. The molecular formula is C16H16N2. The van der Waals surface area contributed by atoms with Gasteiger partial charge in [0.25, 0.3) is 0 Å². The van der Waals surface area contributed by atoms with E-state index in [1.165, 1.54) is 22.0 Å². The molecule has 0 aliphatic carbocycles. The Morgan fingerprint density at radius 2 is 1.89 bits per heavy atom. The first-order chi connectivity index (χ1) is 8.88. The van der Waals surface area contributed by atoms with E-state index in [4.69, 9.17) is 0 Å². The van der Waals surface area contributed by atoms with Crippen LogP contribution in [0.2, 0.25) is 0 Å². The molecular weight excluding hydrogens is 220 g/mol. The van der Waals surface area contributed by atoms with Crippen LogP contribution < -0.4 is 0 Å². The zero-order chi connectivity index (χ0) is 12.4. The monoisotopic (exact) mass is 236 g/mol. The van der Waals surface area contributed by atoms with E-state index in [0.29, 0.717) is 0 Å². The summed E-state index contributed by atoms with van der Waals surface area (Å²) in [5.41, 5.74) is 2.43. The molecule has 2 heteroatoms. The number of nitrogens with zero attached hydrogens (tertiary/aromatic N) is 2. The van der Waals surface area contributed by atoms with E-state index in [0.717, 1.165) is 13.0 Å². The molecule has 0 spiro atoms. The van der Waals surface area contributed by atoms with Crippen molar-refractivity contribution < 1.29 is 0 Å². The van der Waals surface area contributed by atoms with Gasteiger partial charge in [-0.1, -0.05) is 43.3 Å². The van der Waals surface area contributed by atoms with Gasteiger partial charge in [0.05, 0.1) is 18.2 Å². The van der Waals surface area contributed by atoms with Crippen molar-refractivity contribution in [2.45, 2.75) is 19.9 Å². The summed E-state index contributed by atoms with van der Waals surface area (Å²) in [6, 6.07) is 15.0. The molecule has 0 aliphatic rings. The first-order valence-electron chi connectivity index (χ1n) is 6.38. The number of imidazole rings is 1. The van der Waals surface area contributed by atoms with Gasteiger partial charge in [-0.05, 0) is 23.3 Å². The van der Waals surface area contributed by atoms with Crippen LogP contribution in [0.1, 0.15) is 13.3 Å². The van der Waals surface area contributed by atoms with Gasteiger partial charge in [-0.15, -0.1) is 0 Å².